The van der Waals surface area contributed by atoms with Crippen molar-refractivity contribution in [3.8, 4) is 11.5 Å². The van der Waals surface area contributed by atoms with Crippen molar-refractivity contribution in [2.24, 2.45) is 0 Å². The van der Waals surface area contributed by atoms with Crippen molar-refractivity contribution in [3.63, 3.8) is 0 Å². The molecule has 0 bridgehead atoms. The molecule has 0 heterocycles. The van der Waals surface area contributed by atoms with Gasteiger partial charge in [0.1, 0.15) is 0 Å². The molecule has 19 heavy (non-hydrogen) atoms. The van der Waals surface area contributed by atoms with E-state index in [9.17, 15) is 4.79 Å². The molecule has 0 saturated carbocycles. The molecule has 5 nitrogen and oxygen atoms in total. The van der Waals surface area contributed by atoms with Crippen LogP contribution in [0.4, 0.5) is 5.69 Å². The third kappa shape index (κ3) is 4.05. The molecule has 5 heteroatoms. The quantitative estimate of drug-likeness (QED) is 0.605. The average Bonchev–Trinajstić information content (AvgIpc) is 2.40. The van der Waals surface area contributed by atoms with Gasteiger partial charge in [-0.05, 0) is 31.9 Å². The lowest BCUT2D eigenvalue weighted by atomic mass is 10.1. The Kier molecular flexibility index (Phi) is 5.99. The maximum atomic E-state index is 11.3. The normalized spacial score (nSPS) is 10.1. The molecule has 0 aromatic heterocycles. The molecular weight excluding hydrogens is 246 g/mol. The second-order valence-electron chi connectivity index (χ2n) is 3.91. The molecule has 2 N–H and O–H groups in total. The molecule has 1 aromatic carbocycles. The molecular formula is C14H21NO4. The summed E-state index contributed by atoms with van der Waals surface area (Å²) in [5.41, 5.74) is 7.43. The number of ether oxygens (including phenoxy) is 3. The summed E-state index contributed by atoms with van der Waals surface area (Å²) < 4.78 is 15.6. The first kappa shape index (κ1) is 15.1. The molecule has 0 saturated heterocycles. The number of aryl methyl sites for hydroxylation is 1. The van der Waals surface area contributed by atoms with Crippen LogP contribution in [0.1, 0.15) is 25.8 Å². The maximum Gasteiger partial charge on any atom is 0.306 e. The lowest BCUT2D eigenvalue weighted by molar-refractivity contribution is -0.143. The summed E-state index contributed by atoms with van der Waals surface area (Å²) in [6, 6.07) is 3.64. The molecule has 0 aliphatic carbocycles. The minimum atomic E-state index is -0.226. The Morgan fingerprint density at radius 2 is 2.00 bits per heavy atom. The van der Waals surface area contributed by atoms with E-state index in [-0.39, 0.29) is 5.97 Å². The van der Waals surface area contributed by atoms with Crippen LogP contribution in [-0.2, 0) is 16.0 Å². The lowest BCUT2D eigenvalue weighted by Gasteiger charge is -2.15. The molecule has 0 unspecified atom stereocenters. The molecule has 106 valence electrons. The summed E-state index contributed by atoms with van der Waals surface area (Å²) in [6.07, 6.45) is 0.824. The second kappa shape index (κ2) is 7.51. The van der Waals surface area contributed by atoms with E-state index in [1.807, 2.05) is 13.0 Å². The zero-order valence-electron chi connectivity index (χ0n) is 11.7. The number of carbonyl (C=O) groups excluding carboxylic acids is 1. The van der Waals surface area contributed by atoms with E-state index in [1.54, 1.807) is 20.1 Å². The van der Waals surface area contributed by atoms with Crippen molar-refractivity contribution in [2.75, 3.05) is 26.1 Å². The van der Waals surface area contributed by atoms with Crippen LogP contribution in [0.5, 0.6) is 11.5 Å². The van der Waals surface area contributed by atoms with Gasteiger partial charge in [0.25, 0.3) is 0 Å². The van der Waals surface area contributed by atoms with Crippen molar-refractivity contribution >= 4 is 11.7 Å². The van der Waals surface area contributed by atoms with Gasteiger partial charge in [0.15, 0.2) is 11.5 Å². The van der Waals surface area contributed by atoms with Crippen LogP contribution < -0.4 is 15.2 Å². The average molecular weight is 267 g/mol. The van der Waals surface area contributed by atoms with Gasteiger partial charge in [-0.2, -0.15) is 0 Å². The van der Waals surface area contributed by atoms with Gasteiger partial charge in [0.2, 0.25) is 0 Å². The van der Waals surface area contributed by atoms with Gasteiger partial charge in [-0.15, -0.1) is 0 Å². The van der Waals surface area contributed by atoms with E-state index >= 15 is 0 Å². The highest BCUT2D eigenvalue weighted by Gasteiger charge is 2.13. The summed E-state index contributed by atoms with van der Waals surface area (Å²) in [5.74, 6) is 0.904. The number of methoxy groups -OCH3 is 1. The number of nitrogens with two attached hydrogens (primary N) is 1. The standard InChI is InChI=1S/C14H21NO4/c1-4-18-12(16)9-7-10-6-8-11(17-3)14(13(10)15)19-5-2/h6,8H,4-5,7,9,15H2,1-3H3. The van der Waals surface area contributed by atoms with Gasteiger partial charge < -0.3 is 19.9 Å². The Morgan fingerprint density at radius 3 is 2.58 bits per heavy atom. The highest BCUT2D eigenvalue weighted by atomic mass is 16.5. The monoisotopic (exact) mass is 267 g/mol. The zero-order valence-corrected chi connectivity index (χ0v) is 11.7. The van der Waals surface area contributed by atoms with E-state index in [0.717, 1.165) is 5.56 Å². The molecule has 0 aliphatic rings. The van der Waals surface area contributed by atoms with Crippen molar-refractivity contribution in [3.05, 3.63) is 17.7 Å². The zero-order chi connectivity index (χ0) is 14.3. The fourth-order valence-electron chi connectivity index (χ4n) is 1.76. The fraction of sp³-hybridized carbons (Fsp3) is 0.500. The molecule has 0 radical (unpaired) electrons. The van der Waals surface area contributed by atoms with Crippen molar-refractivity contribution in [1.82, 2.24) is 0 Å². The van der Waals surface area contributed by atoms with Gasteiger partial charge in [-0.25, -0.2) is 0 Å². The van der Waals surface area contributed by atoms with Crippen LogP contribution in [0, 0.1) is 0 Å². The van der Waals surface area contributed by atoms with Crippen molar-refractivity contribution < 1.29 is 19.0 Å². The first-order valence-corrected chi connectivity index (χ1v) is 6.37. The molecule has 0 amide bonds. The number of nitrogen functional groups attached to an aromatic ring is 1. The van der Waals surface area contributed by atoms with E-state index in [1.165, 1.54) is 0 Å². The first-order valence-electron chi connectivity index (χ1n) is 6.37. The van der Waals surface area contributed by atoms with Crippen LogP contribution in [0.3, 0.4) is 0 Å². The van der Waals surface area contributed by atoms with E-state index in [0.29, 0.717) is 43.2 Å². The van der Waals surface area contributed by atoms with Crippen LogP contribution in [-0.4, -0.2) is 26.3 Å². The SMILES string of the molecule is CCOC(=O)CCc1ccc(OC)c(OCC)c1N. The van der Waals surface area contributed by atoms with Gasteiger partial charge in [-0.1, -0.05) is 6.07 Å². The summed E-state index contributed by atoms with van der Waals surface area (Å²) in [5, 5.41) is 0. The number of hydrogen-bond donors (Lipinski definition) is 1. The highest BCUT2D eigenvalue weighted by Crippen LogP contribution is 2.36. The Bertz CT molecular complexity index is 432. The lowest BCUT2D eigenvalue weighted by Crippen LogP contribution is -2.07. The highest BCUT2D eigenvalue weighted by molar-refractivity contribution is 5.71. The van der Waals surface area contributed by atoms with Crippen molar-refractivity contribution in [2.45, 2.75) is 26.7 Å². The molecule has 0 atom stereocenters. The molecule has 0 spiro atoms. The number of rotatable bonds is 7. The maximum absolute atomic E-state index is 11.3. The number of carbonyl (C=O) groups is 1. The largest absolute Gasteiger partial charge is 0.493 e. The van der Waals surface area contributed by atoms with E-state index < -0.39 is 0 Å². The smallest absolute Gasteiger partial charge is 0.306 e. The van der Waals surface area contributed by atoms with Gasteiger partial charge >= 0.3 is 5.97 Å². The minimum absolute atomic E-state index is 0.226. The number of anilines is 1. The topological polar surface area (TPSA) is 70.8 Å². The van der Waals surface area contributed by atoms with Gasteiger partial charge in [0, 0.05) is 6.42 Å². The number of hydrogen-bond acceptors (Lipinski definition) is 5. The van der Waals surface area contributed by atoms with Crippen LogP contribution in [0.15, 0.2) is 12.1 Å². The second-order valence-corrected chi connectivity index (χ2v) is 3.91. The predicted octanol–water partition coefficient (Wildman–Crippen LogP) is 2.17. The Labute approximate surface area is 113 Å². The Balaban J connectivity index is 2.84. The third-order valence-electron chi connectivity index (χ3n) is 2.66. The predicted molar refractivity (Wildman–Crippen MR) is 73.5 cm³/mol. The summed E-state index contributed by atoms with van der Waals surface area (Å²) in [6.45, 7) is 4.56. The number of benzene rings is 1. The van der Waals surface area contributed by atoms with E-state index in [4.69, 9.17) is 19.9 Å². The minimum Gasteiger partial charge on any atom is -0.493 e. The molecule has 1 rings (SSSR count). The Hall–Kier alpha value is -1.91. The summed E-state index contributed by atoms with van der Waals surface area (Å²) in [7, 11) is 1.57. The van der Waals surface area contributed by atoms with Crippen LogP contribution in [0.2, 0.25) is 0 Å². The van der Waals surface area contributed by atoms with Gasteiger partial charge in [-0.3, -0.25) is 4.79 Å². The third-order valence-corrected chi connectivity index (χ3v) is 2.66. The molecule has 0 fully saturated rings. The first-order chi connectivity index (χ1) is 9.13. The molecule has 0 aliphatic heterocycles. The Morgan fingerprint density at radius 1 is 1.26 bits per heavy atom. The fourth-order valence-corrected chi connectivity index (χ4v) is 1.76. The molecule has 1 aromatic rings. The van der Waals surface area contributed by atoms with Gasteiger partial charge in [0.05, 0.1) is 26.0 Å². The van der Waals surface area contributed by atoms with Crippen molar-refractivity contribution in [1.29, 1.82) is 0 Å². The van der Waals surface area contributed by atoms with Crippen LogP contribution in [0.25, 0.3) is 0 Å². The van der Waals surface area contributed by atoms with E-state index in [2.05, 4.69) is 0 Å². The summed E-state index contributed by atoms with van der Waals surface area (Å²) in [4.78, 5) is 11.3. The summed E-state index contributed by atoms with van der Waals surface area (Å²) >= 11 is 0. The number of esters is 1. The van der Waals surface area contributed by atoms with Crippen LogP contribution >= 0.6 is 0 Å².